The Bertz CT molecular complexity index is 1380. The Balaban J connectivity index is 2.20. The van der Waals surface area contributed by atoms with Crippen LogP contribution in [-0.4, -0.2) is 13.7 Å². The fourth-order valence-corrected chi connectivity index (χ4v) is 3.95. The molecule has 0 aliphatic carbocycles. The summed E-state index contributed by atoms with van der Waals surface area (Å²) < 4.78 is 4.27. The van der Waals surface area contributed by atoms with Gasteiger partial charge < -0.3 is 10.3 Å². The molecule has 6 nitrogen and oxygen atoms in total. The summed E-state index contributed by atoms with van der Waals surface area (Å²) in [6, 6.07) is 10.4. The topological polar surface area (TPSA) is 75.0 Å². The van der Waals surface area contributed by atoms with Gasteiger partial charge in [0.2, 0.25) is 0 Å². The molecule has 4 rings (SSSR count). The van der Waals surface area contributed by atoms with E-state index in [1.165, 1.54) is 11.6 Å². The molecule has 0 bridgehead atoms. The molecule has 0 saturated heterocycles. The first-order valence-electron chi connectivity index (χ1n) is 8.52. The van der Waals surface area contributed by atoms with Gasteiger partial charge in [-0.3, -0.25) is 13.9 Å². The molecule has 0 radical (unpaired) electrons. The van der Waals surface area contributed by atoms with Crippen molar-refractivity contribution >= 4 is 51.4 Å². The molecule has 0 fully saturated rings. The van der Waals surface area contributed by atoms with Crippen molar-refractivity contribution in [3.8, 4) is 16.9 Å². The van der Waals surface area contributed by atoms with Gasteiger partial charge in [-0.25, -0.2) is 4.79 Å². The highest BCUT2D eigenvalue weighted by Crippen LogP contribution is 2.35. The zero-order valence-electron chi connectivity index (χ0n) is 15.4. The third kappa shape index (κ3) is 3.04. The maximum atomic E-state index is 13.0. The predicted molar refractivity (Wildman–Crippen MR) is 119 cm³/mol. The van der Waals surface area contributed by atoms with Crippen LogP contribution < -0.4 is 17.0 Å². The summed E-state index contributed by atoms with van der Waals surface area (Å²) in [7, 11) is 3.06. The van der Waals surface area contributed by atoms with E-state index in [9.17, 15) is 9.59 Å². The maximum absolute atomic E-state index is 13.0. The molecule has 2 N–H and O–H groups in total. The zero-order valence-corrected chi connectivity index (χ0v) is 17.7. The van der Waals surface area contributed by atoms with Crippen molar-refractivity contribution in [1.29, 1.82) is 0 Å². The van der Waals surface area contributed by atoms with Gasteiger partial charge in [0.15, 0.2) is 0 Å². The van der Waals surface area contributed by atoms with E-state index < -0.39 is 11.2 Å². The van der Waals surface area contributed by atoms with Gasteiger partial charge in [0, 0.05) is 31.0 Å². The Morgan fingerprint density at radius 3 is 2.07 bits per heavy atom. The van der Waals surface area contributed by atoms with E-state index in [0.717, 1.165) is 10.1 Å². The lowest BCUT2D eigenvalue weighted by Crippen LogP contribution is -2.36. The number of anilines is 1. The quantitative estimate of drug-likeness (QED) is 0.465. The predicted octanol–water partition coefficient (Wildman–Crippen LogP) is 4.24. The number of aryl methyl sites for hydroxylation is 1. The molecule has 4 aromatic rings. The van der Waals surface area contributed by atoms with Crippen LogP contribution in [0.15, 0.2) is 52.2 Å². The van der Waals surface area contributed by atoms with Crippen molar-refractivity contribution in [2.75, 3.05) is 5.73 Å². The lowest BCUT2D eigenvalue weighted by Gasteiger charge is -2.12. The Hall–Kier alpha value is -2.67. The summed E-state index contributed by atoms with van der Waals surface area (Å²) in [5, 5.41) is 1.53. The normalized spacial score (nSPS) is 11.3. The van der Waals surface area contributed by atoms with E-state index in [2.05, 4.69) is 0 Å². The molecular formula is C20H15Cl3N4O2. The minimum absolute atomic E-state index is 0.269. The first kappa shape index (κ1) is 19.6. The minimum Gasteiger partial charge on any atom is -0.396 e. The summed E-state index contributed by atoms with van der Waals surface area (Å²) in [6.07, 6.45) is 1.71. The highest BCUT2D eigenvalue weighted by Gasteiger charge is 2.21. The minimum atomic E-state index is -0.421. The molecule has 0 saturated carbocycles. The number of nitrogen functional groups attached to an aromatic ring is 1. The lowest BCUT2D eigenvalue weighted by molar-refractivity contribution is 0.714. The molecule has 9 heteroatoms. The van der Waals surface area contributed by atoms with Crippen LogP contribution in [-0.2, 0) is 14.1 Å². The summed E-state index contributed by atoms with van der Waals surface area (Å²) in [6.45, 7) is 0. The van der Waals surface area contributed by atoms with Crippen LogP contribution in [0.3, 0.4) is 0 Å². The number of nitrogens with two attached hydrogens (primary N) is 1. The smallest absolute Gasteiger partial charge is 0.330 e. The largest absolute Gasteiger partial charge is 0.396 e. The molecule has 2 aromatic carbocycles. The lowest BCUT2D eigenvalue weighted by atomic mass is 10.1. The Kier molecular flexibility index (Phi) is 4.73. The second-order valence-corrected chi connectivity index (χ2v) is 7.89. The molecule has 148 valence electrons. The third-order valence-corrected chi connectivity index (χ3v) is 5.78. The summed E-state index contributed by atoms with van der Waals surface area (Å²) in [5.41, 5.74) is 7.72. The average Bonchev–Trinajstić information content (AvgIpc) is 3.10. The molecule has 0 spiro atoms. The van der Waals surface area contributed by atoms with Gasteiger partial charge >= 0.3 is 5.69 Å². The van der Waals surface area contributed by atoms with E-state index in [1.807, 2.05) is 0 Å². The first-order chi connectivity index (χ1) is 13.7. The Morgan fingerprint density at radius 2 is 1.48 bits per heavy atom. The van der Waals surface area contributed by atoms with Crippen molar-refractivity contribution in [3.05, 3.63) is 78.5 Å². The second kappa shape index (κ2) is 6.99. The van der Waals surface area contributed by atoms with Crippen molar-refractivity contribution in [1.82, 2.24) is 13.7 Å². The van der Waals surface area contributed by atoms with Crippen molar-refractivity contribution < 1.29 is 0 Å². The van der Waals surface area contributed by atoms with Gasteiger partial charge in [0.1, 0.15) is 0 Å². The number of benzene rings is 2. The molecule has 0 aliphatic rings. The fourth-order valence-electron chi connectivity index (χ4n) is 3.35. The number of aromatic nitrogens is 3. The first-order valence-corrected chi connectivity index (χ1v) is 9.66. The molecule has 0 atom stereocenters. The molecule has 0 unspecified atom stereocenters. The van der Waals surface area contributed by atoms with Crippen LogP contribution in [0.25, 0.3) is 27.8 Å². The third-order valence-electron chi connectivity index (χ3n) is 4.90. The number of rotatable bonds is 2. The van der Waals surface area contributed by atoms with Crippen LogP contribution in [0.4, 0.5) is 5.69 Å². The van der Waals surface area contributed by atoms with E-state index in [0.29, 0.717) is 27.3 Å². The van der Waals surface area contributed by atoms with Gasteiger partial charge in [0.05, 0.1) is 32.3 Å². The van der Waals surface area contributed by atoms with Gasteiger partial charge in [0.25, 0.3) is 5.56 Å². The van der Waals surface area contributed by atoms with Crippen molar-refractivity contribution in [3.63, 3.8) is 0 Å². The van der Waals surface area contributed by atoms with Gasteiger partial charge in [-0.2, -0.15) is 0 Å². The van der Waals surface area contributed by atoms with Crippen LogP contribution in [0.2, 0.25) is 15.1 Å². The van der Waals surface area contributed by atoms with Crippen molar-refractivity contribution in [2.45, 2.75) is 0 Å². The highest BCUT2D eigenvalue weighted by molar-refractivity contribution is 6.39. The Labute approximate surface area is 180 Å². The number of hydrogen-bond acceptors (Lipinski definition) is 3. The number of hydrogen-bond donors (Lipinski definition) is 1. The molecule has 2 aromatic heterocycles. The average molecular weight is 450 g/mol. The Morgan fingerprint density at radius 1 is 0.897 bits per heavy atom. The molecule has 29 heavy (non-hydrogen) atoms. The number of nitrogens with zero attached hydrogens (tertiary/aromatic N) is 3. The van der Waals surface area contributed by atoms with Gasteiger partial charge in [-0.05, 0) is 29.8 Å². The maximum Gasteiger partial charge on any atom is 0.330 e. The number of halogens is 3. The van der Waals surface area contributed by atoms with Crippen LogP contribution in [0.1, 0.15) is 0 Å². The molecule has 0 aliphatic heterocycles. The number of fused-ring (bicyclic) bond motifs is 1. The van der Waals surface area contributed by atoms with Gasteiger partial charge in [-0.15, -0.1) is 0 Å². The second-order valence-electron chi connectivity index (χ2n) is 6.64. The van der Waals surface area contributed by atoms with Crippen LogP contribution in [0, 0.1) is 0 Å². The van der Waals surface area contributed by atoms with E-state index >= 15 is 0 Å². The zero-order chi connectivity index (χ0) is 21.0. The van der Waals surface area contributed by atoms with Crippen LogP contribution in [0.5, 0.6) is 0 Å². The summed E-state index contributed by atoms with van der Waals surface area (Å²) in [5.74, 6) is 0. The summed E-state index contributed by atoms with van der Waals surface area (Å²) in [4.78, 5) is 25.5. The molecule has 2 heterocycles. The van der Waals surface area contributed by atoms with Gasteiger partial charge in [-0.1, -0.05) is 46.9 Å². The van der Waals surface area contributed by atoms with E-state index in [1.54, 1.807) is 54.2 Å². The highest BCUT2D eigenvalue weighted by atomic mass is 35.5. The van der Waals surface area contributed by atoms with Crippen LogP contribution >= 0.6 is 34.8 Å². The SMILES string of the molecule is Cn1c(=O)c2c(-c3ccc(Cl)cc3)n(-c3cc(Cl)c(N)c(Cl)c3)cc2n(C)c1=O. The monoisotopic (exact) mass is 448 g/mol. The van der Waals surface area contributed by atoms with E-state index in [4.69, 9.17) is 40.5 Å². The molecule has 0 amide bonds. The summed E-state index contributed by atoms with van der Waals surface area (Å²) >= 11 is 18.5. The van der Waals surface area contributed by atoms with E-state index in [-0.39, 0.29) is 15.7 Å². The fraction of sp³-hybridized carbons (Fsp3) is 0.100. The van der Waals surface area contributed by atoms with Crippen molar-refractivity contribution in [2.24, 2.45) is 14.1 Å². The molecular weight excluding hydrogens is 435 g/mol. The standard InChI is InChI=1S/C20H15Cl3N4O2/c1-25-15-9-27(12-7-13(22)17(24)14(23)8-12)18(10-3-5-11(21)6-4-10)16(15)19(28)26(2)20(25)29/h3-9H,24H2,1-2H3.